The quantitative estimate of drug-likeness (QED) is 0.767. The minimum Gasteiger partial charge on any atom is -0.504 e. The van der Waals surface area contributed by atoms with Gasteiger partial charge in [-0.15, -0.1) is 0 Å². The minimum atomic E-state index is 0.0531. The molecule has 2 aromatic rings. The van der Waals surface area contributed by atoms with Crippen LogP contribution in [0.1, 0.15) is 37.3 Å². The standard InChI is InChI=1S/C13H18N4O2/c1-8(16-9(2)13-14-7-15-17-13)10-4-5-11(18)12(6-10)19-3/h4-9,16,18H,1-3H3,(H,14,15,17). The lowest BCUT2D eigenvalue weighted by molar-refractivity contribution is 0.371. The molecule has 0 fully saturated rings. The molecule has 2 rings (SSSR count). The molecule has 1 heterocycles. The molecule has 0 saturated carbocycles. The molecule has 0 saturated heterocycles. The van der Waals surface area contributed by atoms with Crippen molar-refractivity contribution in [2.45, 2.75) is 25.9 Å². The maximum atomic E-state index is 9.58. The highest BCUT2D eigenvalue weighted by Crippen LogP contribution is 2.29. The lowest BCUT2D eigenvalue weighted by atomic mass is 10.1. The first-order valence-corrected chi connectivity index (χ1v) is 6.10. The number of nitrogens with zero attached hydrogens (tertiary/aromatic N) is 2. The van der Waals surface area contributed by atoms with E-state index in [2.05, 4.69) is 20.5 Å². The van der Waals surface area contributed by atoms with E-state index in [1.54, 1.807) is 6.07 Å². The normalized spacial score (nSPS) is 14.1. The number of aromatic nitrogens is 3. The van der Waals surface area contributed by atoms with E-state index in [-0.39, 0.29) is 17.8 Å². The van der Waals surface area contributed by atoms with Gasteiger partial charge < -0.3 is 15.2 Å². The zero-order valence-electron chi connectivity index (χ0n) is 11.2. The molecule has 2 unspecified atom stereocenters. The summed E-state index contributed by atoms with van der Waals surface area (Å²) in [6, 6.07) is 5.46. The molecule has 6 nitrogen and oxygen atoms in total. The van der Waals surface area contributed by atoms with Crippen LogP contribution in [0.5, 0.6) is 11.5 Å². The smallest absolute Gasteiger partial charge is 0.160 e. The van der Waals surface area contributed by atoms with E-state index in [1.807, 2.05) is 26.0 Å². The van der Waals surface area contributed by atoms with E-state index >= 15 is 0 Å². The predicted octanol–water partition coefficient (Wildman–Crippen LogP) is 1.93. The average molecular weight is 262 g/mol. The largest absolute Gasteiger partial charge is 0.504 e. The number of nitrogens with one attached hydrogen (secondary N) is 2. The third-order valence-corrected chi connectivity index (χ3v) is 3.05. The summed E-state index contributed by atoms with van der Waals surface area (Å²) in [6.07, 6.45) is 1.49. The second-order valence-electron chi connectivity index (χ2n) is 4.41. The van der Waals surface area contributed by atoms with Gasteiger partial charge in [0.25, 0.3) is 0 Å². The molecule has 19 heavy (non-hydrogen) atoms. The zero-order valence-corrected chi connectivity index (χ0v) is 11.2. The Morgan fingerprint density at radius 3 is 2.74 bits per heavy atom. The molecule has 1 aromatic carbocycles. The molecule has 3 N–H and O–H groups in total. The average Bonchev–Trinajstić information content (AvgIpc) is 2.93. The van der Waals surface area contributed by atoms with Crippen molar-refractivity contribution in [1.29, 1.82) is 0 Å². The van der Waals surface area contributed by atoms with Crippen molar-refractivity contribution in [3.63, 3.8) is 0 Å². The Bertz CT molecular complexity index is 527. The fourth-order valence-electron chi connectivity index (χ4n) is 1.94. The van der Waals surface area contributed by atoms with Crippen LogP contribution >= 0.6 is 0 Å². The van der Waals surface area contributed by atoms with Crippen LogP contribution in [0, 0.1) is 0 Å². The summed E-state index contributed by atoms with van der Waals surface area (Å²) >= 11 is 0. The SMILES string of the molecule is COc1cc(C(C)NC(C)c2ncn[nH]2)ccc1O. The summed E-state index contributed by atoms with van der Waals surface area (Å²) < 4.78 is 5.11. The highest BCUT2D eigenvalue weighted by atomic mass is 16.5. The number of H-pyrrole nitrogens is 1. The van der Waals surface area contributed by atoms with Crippen molar-refractivity contribution in [3.05, 3.63) is 35.9 Å². The van der Waals surface area contributed by atoms with Crippen LogP contribution in [-0.4, -0.2) is 27.4 Å². The van der Waals surface area contributed by atoms with Gasteiger partial charge in [-0.3, -0.25) is 5.10 Å². The van der Waals surface area contributed by atoms with Gasteiger partial charge in [0.1, 0.15) is 12.2 Å². The molecule has 0 aliphatic heterocycles. The lowest BCUT2D eigenvalue weighted by Crippen LogP contribution is -2.23. The highest BCUT2D eigenvalue weighted by molar-refractivity contribution is 5.42. The third-order valence-electron chi connectivity index (χ3n) is 3.05. The van der Waals surface area contributed by atoms with Crippen molar-refractivity contribution >= 4 is 0 Å². The number of methoxy groups -OCH3 is 1. The van der Waals surface area contributed by atoms with Gasteiger partial charge in [-0.05, 0) is 31.5 Å². The fourth-order valence-corrected chi connectivity index (χ4v) is 1.94. The first kappa shape index (κ1) is 13.4. The number of phenolic OH excluding ortho intramolecular Hbond substituents is 1. The molecule has 0 bridgehead atoms. The fraction of sp³-hybridized carbons (Fsp3) is 0.385. The Kier molecular flexibility index (Phi) is 4.01. The molecule has 0 spiro atoms. The zero-order chi connectivity index (χ0) is 13.8. The Labute approximate surface area is 111 Å². The summed E-state index contributed by atoms with van der Waals surface area (Å²) in [4.78, 5) is 4.12. The summed E-state index contributed by atoms with van der Waals surface area (Å²) in [5.41, 5.74) is 1.03. The van der Waals surface area contributed by atoms with E-state index in [1.165, 1.54) is 13.4 Å². The second kappa shape index (κ2) is 5.71. The summed E-state index contributed by atoms with van der Waals surface area (Å²) in [5, 5.41) is 19.6. The Balaban J connectivity index is 2.09. The summed E-state index contributed by atoms with van der Waals surface area (Å²) in [5.74, 6) is 1.40. The number of aromatic amines is 1. The molecule has 2 atom stereocenters. The van der Waals surface area contributed by atoms with Gasteiger partial charge in [0.2, 0.25) is 0 Å². The van der Waals surface area contributed by atoms with Crippen molar-refractivity contribution < 1.29 is 9.84 Å². The summed E-state index contributed by atoms with van der Waals surface area (Å²) in [7, 11) is 1.54. The van der Waals surface area contributed by atoms with E-state index in [0.717, 1.165) is 11.4 Å². The van der Waals surface area contributed by atoms with Crippen molar-refractivity contribution in [2.75, 3.05) is 7.11 Å². The van der Waals surface area contributed by atoms with Crippen LogP contribution in [-0.2, 0) is 0 Å². The van der Waals surface area contributed by atoms with Crippen molar-refractivity contribution in [3.8, 4) is 11.5 Å². The first-order valence-electron chi connectivity index (χ1n) is 6.10. The van der Waals surface area contributed by atoms with Crippen molar-refractivity contribution in [2.24, 2.45) is 0 Å². The Morgan fingerprint density at radius 2 is 2.11 bits per heavy atom. The summed E-state index contributed by atoms with van der Waals surface area (Å²) in [6.45, 7) is 4.05. The van der Waals surface area contributed by atoms with Gasteiger partial charge in [0, 0.05) is 6.04 Å². The second-order valence-corrected chi connectivity index (χ2v) is 4.41. The highest BCUT2D eigenvalue weighted by Gasteiger charge is 2.14. The van der Waals surface area contributed by atoms with Crippen LogP contribution in [0.3, 0.4) is 0 Å². The Hall–Kier alpha value is -2.08. The topological polar surface area (TPSA) is 83.1 Å². The molecule has 1 aromatic heterocycles. The lowest BCUT2D eigenvalue weighted by Gasteiger charge is -2.19. The van der Waals surface area contributed by atoms with Crippen LogP contribution < -0.4 is 10.1 Å². The maximum absolute atomic E-state index is 9.58. The minimum absolute atomic E-state index is 0.0531. The molecule has 0 aliphatic carbocycles. The van der Waals surface area contributed by atoms with Crippen LogP contribution in [0.4, 0.5) is 0 Å². The number of rotatable bonds is 5. The maximum Gasteiger partial charge on any atom is 0.160 e. The third kappa shape index (κ3) is 3.03. The number of hydrogen-bond donors (Lipinski definition) is 3. The van der Waals surface area contributed by atoms with E-state index in [0.29, 0.717) is 5.75 Å². The van der Waals surface area contributed by atoms with Gasteiger partial charge in [0.05, 0.1) is 13.2 Å². The number of hydrogen-bond acceptors (Lipinski definition) is 5. The predicted molar refractivity (Wildman–Crippen MR) is 71.0 cm³/mol. The number of aromatic hydroxyl groups is 1. The van der Waals surface area contributed by atoms with E-state index < -0.39 is 0 Å². The van der Waals surface area contributed by atoms with Gasteiger partial charge in [-0.2, -0.15) is 5.10 Å². The molecule has 102 valence electrons. The monoisotopic (exact) mass is 262 g/mol. The number of benzene rings is 1. The molecular formula is C13H18N4O2. The number of phenols is 1. The van der Waals surface area contributed by atoms with Crippen LogP contribution in [0.2, 0.25) is 0 Å². The van der Waals surface area contributed by atoms with Gasteiger partial charge in [-0.1, -0.05) is 6.07 Å². The van der Waals surface area contributed by atoms with Crippen LogP contribution in [0.25, 0.3) is 0 Å². The van der Waals surface area contributed by atoms with E-state index in [4.69, 9.17) is 4.74 Å². The van der Waals surface area contributed by atoms with Gasteiger partial charge in [0.15, 0.2) is 11.5 Å². The Morgan fingerprint density at radius 1 is 1.32 bits per heavy atom. The molecular weight excluding hydrogens is 244 g/mol. The molecule has 0 aliphatic rings. The van der Waals surface area contributed by atoms with Gasteiger partial charge in [-0.25, -0.2) is 4.98 Å². The van der Waals surface area contributed by atoms with Gasteiger partial charge >= 0.3 is 0 Å². The molecule has 6 heteroatoms. The molecule has 0 radical (unpaired) electrons. The van der Waals surface area contributed by atoms with E-state index in [9.17, 15) is 5.11 Å². The first-order chi connectivity index (χ1) is 9.11. The van der Waals surface area contributed by atoms with Crippen LogP contribution in [0.15, 0.2) is 24.5 Å². The molecule has 0 amide bonds. The number of ether oxygens (including phenoxy) is 1. The van der Waals surface area contributed by atoms with Crippen molar-refractivity contribution in [1.82, 2.24) is 20.5 Å².